The minimum atomic E-state index is -0.665. The molecule has 1 unspecified atom stereocenters. The summed E-state index contributed by atoms with van der Waals surface area (Å²) in [5.41, 5.74) is 6.32. The maximum absolute atomic E-state index is 10.1. The summed E-state index contributed by atoms with van der Waals surface area (Å²) in [7, 11) is 0. The molecular formula is C16H27NOS. The number of rotatable bonds is 8. The number of aliphatic hydroxyl groups is 1. The summed E-state index contributed by atoms with van der Waals surface area (Å²) in [6, 6.07) is 8.79. The van der Waals surface area contributed by atoms with Crippen molar-refractivity contribution in [3.63, 3.8) is 0 Å². The molecule has 0 aliphatic rings. The molecule has 0 amide bonds. The van der Waals surface area contributed by atoms with E-state index in [4.69, 9.17) is 5.73 Å². The minimum absolute atomic E-state index is 0.358. The van der Waals surface area contributed by atoms with Gasteiger partial charge in [0.2, 0.25) is 0 Å². The van der Waals surface area contributed by atoms with Crippen molar-refractivity contribution >= 4 is 11.8 Å². The Morgan fingerprint density at radius 3 is 2.37 bits per heavy atom. The van der Waals surface area contributed by atoms with E-state index in [1.54, 1.807) is 0 Å². The van der Waals surface area contributed by atoms with Gasteiger partial charge in [-0.3, -0.25) is 0 Å². The summed E-state index contributed by atoms with van der Waals surface area (Å²) in [4.78, 5) is 1.30. The van der Waals surface area contributed by atoms with Crippen LogP contribution in [0, 0.1) is 0 Å². The molecule has 1 aromatic carbocycles. The molecule has 0 radical (unpaired) electrons. The third kappa shape index (κ3) is 5.55. The zero-order chi connectivity index (χ0) is 14.3. The summed E-state index contributed by atoms with van der Waals surface area (Å²) in [5.74, 6) is 1.62. The molecule has 0 spiro atoms. The Bertz CT molecular complexity index is 358. The Labute approximate surface area is 121 Å². The molecule has 2 nitrogen and oxygen atoms in total. The molecule has 108 valence electrons. The monoisotopic (exact) mass is 281 g/mol. The molecule has 0 aliphatic carbocycles. The highest BCUT2D eigenvalue weighted by atomic mass is 32.2. The van der Waals surface area contributed by atoms with Gasteiger partial charge in [-0.15, -0.1) is 11.8 Å². The van der Waals surface area contributed by atoms with Crippen LogP contribution < -0.4 is 5.73 Å². The second-order valence-corrected chi connectivity index (χ2v) is 6.63. The van der Waals surface area contributed by atoms with Gasteiger partial charge < -0.3 is 10.8 Å². The van der Waals surface area contributed by atoms with Gasteiger partial charge in [-0.2, -0.15) is 0 Å². The zero-order valence-corrected chi connectivity index (χ0v) is 13.2. The molecule has 0 aliphatic heterocycles. The van der Waals surface area contributed by atoms with Crippen LogP contribution in [0.15, 0.2) is 29.2 Å². The fraction of sp³-hybridized carbons (Fsp3) is 0.625. The van der Waals surface area contributed by atoms with Crippen LogP contribution in [0.25, 0.3) is 0 Å². The number of nitrogens with two attached hydrogens (primary N) is 1. The van der Waals surface area contributed by atoms with E-state index in [0.29, 0.717) is 12.5 Å². The van der Waals surface area contributed by atoms with E-state index in [1.165, 1.54) is 10.5 Å². The van der Waals surface area contributed by atoms with Crippen LogP contribution in [0.4, 0.5) is 0 Å². The number of hydrogen-bond donors (Lipinski definition) is 2. The normalized spacial score (nSPS) is 14.6. The Morgan fingerprint density at radius 1 is 1.26 bits per heavy atom. The van der Waals surface area contributed by atoms with Crippen LogP contribution in [0.5, 0.6) is 0 Å². The highest BCUT2D eigenvalue weighted by molar-refractivity contribution is 7.99. The van der Waals surface area contributed by atoms with E-state index >= 15 is 0 Å². The van der Waals surface area contributed by atoms with Gasteiger partial charge in [-0.25, -0.2) is 0 Å². The van der Waals surface area contributed by atoms with Crippen LogP contribution in [-0.2, 0) is 0 Å². The van der Waals surface area contributed by atoms with Gasteiger partial charge in [-0.1, -0.05) is 32.9 Å². The molecule has 0 bridgehead atoms. The third-order valence-electron chi connectivity index (χ3n) is 3.64. The fourth-order valence-corrected chi connectivity index (χ4v) is 2.82. The summed E-state index contributed by atoms with van der Waals surface area (Å²) >= 11 is 1.85. The predicted octanol–water partition coefficient (Wildman–Crippen LogP) is 3.78. The van der Waals surface area contributed by atoms with Crippen LogP contribution in [0.2, 0.25) is 0 Å². The van der Waals surface area contributed by atoms with Crippen LogP contribution in [0.1, 0.15) is 51.5 Å². The molecule has 0 fully saturated rings. The van der Waals surface area contributed by atoms with Gasteiger partial charge in [0.05, 0.1) is 5.60 Å². The lowest BCUT2D eigenvalue weighted by Gasteiger charge is -2.24. The van der Waals surface area contributed by atoms with Crippen molar-refractivity contribution in [1.82, 2.24) is 0 Å². The fourth-order valence-electron chi connectivity index (χ4n) is 1.96. The third-order valence-corrected chi connectivity index (χ3v) is 4.74. The molecule has 1 atom stereocenters. The molecule has 3 N–H and O–H groups in total. The SMILES string of the molecule is CCC(O)(CN)CCCSc1ccc(C(C)C)cc1. The van der Waals surface area contributed by atoms with Crippen molar-refractivity contribution in [2.45, 2.75) is 56.4 Å². The molecule has 0 saturated carbocycles. The predicted molar refractivity (Wildman–Crippen MR) is 84.8 cm³/mol. The molecule has 0 saturated heterocycles. The van der Waals surface area contributed by atoms with Crippen LogP contribution in [0.3, 0.4) is 0 Å². The Morgan fingerprint density at radius 2 is 1.89 bits per heavy atom. The van der Waals surface area contributed by atoms with E-state index in [-0.39, 0.29) is 0 Å². The van der Waals surface area contributed by atoms with Crippen molar-refractivity contribution < 1.29 is 5.11 Å². The first-order chi connectivity index (χ1) is 9.00. The molecule has 19 heavy (non-hydrogen) atoms. The van der Waals surface area contributed by atoms with Gasteiger partial charge in [0.25, 0.3) is 0 Å². The second-order valence-electron chi connectivity index (χ2n) is 5.46. The first kappa shape index (κ1) is 16.5. The van der Waals surface area contributed by atoms with Crippen LogP contribution in [-0.4, -0.2) is 23.0 Å². The Kier molecular flexibility index (Phi) is 6.90. The second kappa shape index (κ2) is 7.93. The first-order valence-electron chi connectivity index (χ1n) is 7.16. The van der Waals surface area contributed by atoms with Crippen molar-refractivity contribution in [2.75, 3.05) is 12.3 Å². The summed E-state index contributed by atoms with van der Waals surface area (Å²) in [6.07, 6.45) is 2.52. The van der Waals surface area contributed by atoms with Gasteiger partial charge in [-0.05, 0) is 48.6 Å². The highest BCUT2D eigenvalue weighted by Crippen LogP contribution is 2.24. The largest absolute Gasteiger partial charge is 0.389 e. The molecular weight excluding hydrogens is 254 g/mol. The van der Waals surface area contributed by atoms with Gasteiger partial charge in [0.15, 0.2) is 0 Å². The van der Waals surface area contributed by atoms with E-state index in [1.807, 2.05) is 18.7 Å². The maximum atomic E-state index is 10.1. The van der Waals surface area contributed by atoms with Crippen molar-refractivity contribution in [2.24, 2.45) is 5.73 Å². The lowest BCUT2D eigenvalue weighted by Crippen LogP contribution is -2.36. The number of benzene rings is 1. The number of hydrogen-bond acceptors (Lipinski definition) is 3. The smallest absolute Gasteiger partial charge is 0.0767 e. The molecule has 1 aromatic rings. The average Bonchev–Trinajstić information content (AvgIpc) is 2.44. The molecule has 0 aromatic heterocycles. The Hall–Kier alpha value is -0.510. The first-order valence-corrected chi connectivity index (χ1v) is 8.14. The minimum Gasteiger partial charge on any atom is -0.389 e. The van der Waals surface area contributed by atoms with E-state index < -0.39 is 5.60 Å². The van der Waals surface area contributed by atoms with Gasteiger partial charge >= 0.3 is 0 Å². The quantitative estimate of drug-likeness (QED) is 0.563. The molecule has 1 rings (SSSR count). The number of thioether (sulfide) groups is 1. The maximum Gasteiger partial charge on any atom is 0.0767 e. The van der Waals surface area contributed by atoms with Gasteiger partial charge in [0, 0.05) is 11.4 Å². The molecule has 3 heteroatoms. The van der Waals surface area contributed by atoms with E-state index in [2.05, 4.69) is 38.1 Å². The lowest BCUT2D eigenvalue weighted by molar-refractivity contribution is 0.0360. The van der Waals surface area contributed by atoms with Crippen molar-refractivity contribution in [3.05, 3.63) is 29.8 Å². The molecule has 0 heterocycles. The summed E-state index contributed by atoms with van der Waals surface area (Å²) in [5, 5.41) is 10.1. The van der Waals surface area contributed by atoms with E-state index in [0.717, 1.165) is 25.0 Å². The van der Waals surface area contributed by atoms with Crippen molar-refractivity contribution in [1.29, 1.82) is 0 Å². The lowest BCUT2D eigenvalue weighted by atomic mass is 9.95. The highest BCUT2D eigenvalue weighted by Gasteiger charge is 2.21. The summed E-state index contributed by atoms with van der Waals surface area (Å²) < 4.78 is 0. The van der Waals surface area contributed by atoms with Crippen LogP contribution >= 0.6 is 11.8 Å². The van der Waals surface area contributed by atoms with Crippen molar-refractivity contribution in [3.8, 4) is 0 Å². The topological polar surface area (TPSA) is 46.2 Å². The van der Waals surface area contributed by atoms with Gasteiger partial charge in [0.1, 0.15) is 0 Å². The average molecular weight is 281 g/mol. The standard InChI is InChI=1S/C16H27NOS/c1-4-16(18,12-17)10-5-11-19-15-8-6-14(7-9-15)13(2)3/h6-9,13,18H,4-5,10-12,17H2,1-3H3. The van der Waals surface area contributed by atoms with E-state index in [9.17, 15) is 5.11 Å². The Balaban J connectivity index is 2.33. The zero-order valence-electron chi connectivity index (χ0n) is 12.4. The summed E-state index contributed by atoms with van der Waals surface area (Å²) in [6.45, 7) is 6.77.